The van der Waals surface area contributed by atoms with Crippen molar-refractivity contribution in [1.82, 2.24) is 14.8 Å². The van der Waals surface area contributed by atoms with E-state index >= 15 is 0 Å². The molecule has 3 aromatic rings. The SMILES string of the molecule is Cc1c(C(=O)O)cnn1-c1nc(-c2cccc(Cl)c2)cs1. The van der Waals surface area contributed by atoms with Crippen molar-refractivity contribution in [2.24, 2.45) is 0 Å². The van der Waals surface area contributed by atoms with Gasteiger partial charge in [-0.25, -0.2) is 14.5 Å². The number of benzene rings is 1. The molecule has 1 aromatic carbocycles. The van der Waals surface area contributed by atoms with Gasteiger partial charge in [0.05, 0.1) is 17.6 Å². The van der Waals surface area contributed by atoms with Gasteiger partial charge in [-0.2, -0.15) is 5.10 Å². The van der Waals surface area contributed by atoms with E-state index < -0.39 is 5.97 Å². The lowest BCUT2D eigenvalue weighted by atomic mass is 10.2. The van der Waals surface area contributed by atoms with E-state index in [1.165, 1.54) is 22.2 Å². The third kappa shape index (κ3) is 2.55. The van der Waals surface area contributed by atoms with Gasteiger partial charge in [0.25, 0.3) is 0 Å². The smallest absolute Gasteiger partial charge is 0.339 e. The lowest BCUT2D eigenvalue weighted by molar-refractivity contribution is 0.0696. The molecule has 7 heteroatoms. The average molecular weight is 320 g/mol. The zero-order valence-electron chi connectivity index (χ0n) is 10.9. The van der Waals surface area contributed by atoms with E-state index in [2.05, 4.69) is 10.1 Å². The number of hydrogen-bond acceptors (Lipinski definition) is 4. The van der Waals surface area contributed by atoms with E-state index in [-0.39, 0.29) is 5.56 Å². The number of rotatable bonds is 3. The monoisotopic (exact) mass is 319 g/mol. The van der Waals surface area contributed by atoms with Crippen LogP contribution in [-0.2, 0) is 0 Å². The van der Waals surface area contributed by atoms with E-state index in [9.17, 15) is 4.79 Å². The molecule has 0 bridgehead atoms. The Morgan fingerprint density at radius 2 is 2.24 bits per heavy atom. The molecule has 5 nitrogen and oxygen atoms in total. The van der Waals surface area contributed by atoms with Crippen LogP contribution < -0.4 is 0 Å². The molecule has 2 aromatic heterocycles. The van der Waals surface area contributed by atoms with Crippen molar-refractivity contribution in [3.63, 3.8) is 0 Å². The Hall–Kier alpha value is -2.18. The molecule has 0 saturated heterocycles. The molecule has 0 aliphatic carbocycles. The van der Waals surface area contributed by atoms with Gasteiger partial charge in [-0.15, -0.1) is 11.3 Å². The zero-order chi connectivity index (χ0) is 15.0. The van der Waals surface area contributed by atoms with Gasteiger partial charge >= 0.3 is 5.97 Å². The summed E-state index contributed by atoms with van der Waals surface area (Å²) in [6.45, 7) is 1.71. The number of aromatic carboxylic acids is 1. The topological polar surface area (TPSA) is 68.0 Å². The van der Waals surface area contributed by atoms with Crippen molar-refractivity contribution < 1.29 is 9.90 Å². The molecule has 3 rings (SSSR count). The van der Waals surface area contributed by atoms with Gasteiger partial charge in [-0.05, 0) is 19.1 Å². The minimum Gasteiger partial charge on any atom is -0.478 e. The second-order valence-electron chi connectivity index (χ2n) is 4.39. The highest BCUT2D eigenvalue weighted by atomic mass is 35.5. The second kappa shape index (κ2) is 5.31. The second-order valence-corrected chi connectivity index (χ2v) is 5.66. The van der Waals surface area contributed by atoms with E-state index in [1.54, 1.807) is 13.0 Å². The molecule has 0 spiro atoms. The first-order valence-corrected chi connectivity index (χ1v) is 7.32. The van der Waals surface area contributed by atoms with Crippen molar-refractivity contribution in [2.45, 2.75) is 6.92 Å². The van der Waals surface area contributed by atoms with Crippen LogP contribution in [0, 0.1) is 6.92 Å². The maximum Gasteiger partial charge on any atom is 0.339 e. The van der Waals surface area contributed by atoms with Crippen LogP contribution in [0.3, 0.4) is 0 Å². The Bertz CT molecular complexity index is 825. The Morgan fingerprint density at radius 3 is 2.90 bits per heavy atom. The van der Waals surface area contributed by atoms with Crippen LogP contribution in [0.5, 0.6) is 0 Å². The Kier molecular flexibility index (Phi) is 3.48. The zero-order valence-corrected chi connectivity index (χ0v) is 12.5. The molecule has 0 unspecified atom stereocenters. The molecule has 0 atom stereocenters. The number of nitrogens with zero attached hydrogens (tertiary/aromatic N) is 3. The van der Waals surface area contributed by atoms with Crippen LogP contribution in [0.4, 0.5) is 0 Å². The minimum atomic E-state index is -0.995. The molecule has 0 fully saturated rings. The molecule has 21 heavy (non-hydrogen) atoms. The van der Waals surface area contributed by atoms with Gasteiger partial charge in [-0.3, -0.25) is 0 Å². The van der Waals surface area contributed by atoms with Crippen LogP contribution in [0.15, 0.2) is 35.8 Å². The minimum absolute atomic E-state index is 0.175. The number of thiazole rings is 1. The molecule has 0 aliphatic rings. The highest BCUT2D eigenvalue weighted by molar-refractivity contribution is 7.12. The normalized spacial score (nSPS) is 10.8. The summed E-state index contributed by atoms with van der Waals surface area (Å²) >= 11 is 7.37. The molecular weight excluding hydrogens is 310 g/mol. The first-order valence-electron chi connectivity index (χ1n) is 6.06. The highest BCUT2D eigenvalue weighted by Gasteiger charge is 2.16. The highest BCUT2D eigenvalue weighted by Crippen LogP contribution is 2.26. The van der Waals surface area contributed by atoms with Gasteiger partial charge in [-0.1, -0.05) is 23.7 Å². The summed E-state index contributed by atoms with van der Waals surface area (Å²) in [7, 11) is 0. The fourth-order valence-electron chi connectivity index (χ4n) is 1.95. The van der Waals surface area contributed by atoms with Crippen molar-refractivity contribution in [1.29, 1.82) is 0 Å². The molecule has 106 valence electrons. The third-order valence-electron chi connectivity index (χ3n) is 3.03. The molecule has 0 amide bonds. The number of aromatic nitrogens is 3. The van der Waals surface area contributed by atoms with Crippen LogP contribution in [0.2, 0.25) is 5.02 Å². The summed E-state index contributed by atoms with van der Waals surface area (Å²) in [5.74, 6) is -0.995. The van der Waals surface area contributed by atoms with Crippen molar-refractivity contribution in [2.75, 3.05) is 0 Å². The lowest BCUT2D eigenvalue weighted by Gasteiger charge is -2.00. The number of hydrogen-bond donors (Lipinski definition) is 1. The summed E-state index contributed by atoms with van der Waals surface area (Å²) in [5, 5.41) is 16.3. The van der Waals surface area contributed by atoms with Crippen LogP contribution >= 0.6 is 22.9 Å². The van der Waals surface area contributed by atoms with Crippen molar-refractivity contribution >= 4 is 28.9 Å². The fraction of sp³-hybridized carbons (Fsp3) is 0.0714. The predicted octanol–water partition coefficient (Wildman–Crippen LogP) is 3.66. The average Bonchev–Trinajstić information content (AvgIpc) is 3.05. The fourth-order valence-corrected chi connectivity index (χ4v) is 2.99. The third-order valence-corrected chi connectivity index (χ3v) is 4.09. The standard InChI is InChI=1S/C14H10ClN3O2S/c1-8-11(13(19)20)6-16-18(8)14-17-12(7-21-14)9-3-2-4-10(15)5-9/h2-7H,1H3,(H,19,20). The van der Waals surface area contributed by atoms with E-state index in [4.69, 9.17) is 16.7 Å². The quantitative estimate of drug-likeness (QED) is 0.800. The Labute approximate surface area is 129 Å². The summed E-state index contributed by atoms with van der Waals surface area (Å²) in [6.07, 6.45) is 1.33. The molecule has 2 heterocycles. The number of halogens is 1. The largest absolute Gasteiger partial charge is 0.478 e. The van der Waals surface area contributed by atoms with Crippen LogP contribution in [0.25, 0.3) is 16.4 Å². The van der Waals surface area contributed by atoms with Gasteiger partial charge in [0, 0.05) is 16.0 Å². The summed E-state index contributed by atoms with van der Waals surface area (Å²) < 4.78 is 1.53. The first kappa shape index (κ1) is 13.8. The lowest BCUT2D eigenvalue weighted by Crippen LogP contribution is -2.02. The number of carboxylic acid groups (broad SMARTS) is 1. The summed E-state index contributed by atoms with van der Waals surface area (Å²) in [5.41, 5.74) is 2.42. The van der Waals surface area contributed by atoms with E-state index in [0.717, 1.165) is 11.3 Å². The van der Waals surface area contributed by atoms with Gasteiger partial charge in [0.2, 0.25) is 5.13 Å². The molecular formula is C14H10ClN3O2S. The number of carboxylic acids is 1. The Morgan fingerprint density at radius 1 is 1.43 bits per heavy atom. The van der Waals surface area contributed by atoms with Gasteiger partial charge in [0.1, 0.15) is 5.56 Å². The van der Waals surface area contributed by atoms with Crippen molar-refractivity contribution in [3.05, 3.63) is 52.1 Å². The molecule has 0 radical (unpaired) electrons. The number of carbonyl (C=O) groups is 1. The van der Waals surface area contributed by atoms with Crippen LogP contribution in [0.1, 0.15) is 16.1 Å². The van der Waals surface area contributed by atoms with Crippen molar-refractivity contribution in [3.8, 4) is 16.4 Å². The Balaban J connectivity index is 2.01. The van der Waals surface area contributed by atoms with E-state index in [0.29, 0.717) is 15.8 Å². The first-order chi connectivity index (χ1) is 10.1. The van der Waals surface area contributed by atoms with Gasteiger partial charge in [0.15, 0.2) is 0 Å². The maximum atomic E-state index is 11.0. The maximum absolute atomic E-state index is 11.0. The summed E-state index contributed by atoms with van der Waals surface area (Å²) in [6, 6.07) is 7.41. The molecule has 0 saturated carbocycles. The summed E-state index contributed by atoms with van der Waals surface area (Å²) in [4.78, 5) is 15.5. The molecule has 1 N–H and O–H groups in total. The molecule has 0 aliphatic heterocycles. The van der Waals surface area contributed by atoms with Crippen LogP contribution in [-0.4, -0.2) is 25.8 Å². The predicted molar refractivity (Wildman–Crippen MR) is 81.4 cm³/mol. The van der Waals surface area contributed by atoms with Gasteiger partial charge < -0.3 is 5.11 Å². The van der Waals surface area contributed by atoms with E-state index in [1.807, 2.05) is 23.6 Å².